The molecule has 0 saturated carbocycles. The lowest BCUT2D eigenvalue weighted by Gasteiger charge is -2.14. The first-order chi connectivity index (χ1) is 13.1. The van der Waals surface area contributed by atoms with Crippen molar-refractivity contribution in [1.29, 1.82) is 0 Å². The van der Waals surface area contributed by atoms with Gasteiger partial charge in [-0.15, -0.1) is 0 Å². The van der Waals surface area contributed by atoms with E-state index < -0.39 is 35.2 Å². The van der Waals surface area contributed by atoms with Crippen LogP contribution in [0, 0.1) is 0 Å². The molecule has 0 fully saturated rings. The van der Waals surface area contributed by atoms with Crippen LogP contribution in [0.15, 0.2) is 42.5 Å². The summed E-state index contributed by atoms with van der Waals surface area (Å²) >= 11 is 5.56. The fourth-order valence-electron chi connectivity index (χ4n) is 2.13. The van der Waals surface area contributed by atoms with E-state index in [1.807, 2.05) is 5.32 Å². The Morgan fingerprint density at radius 3 is 2.18 bits per heavy atom. The van der Waals surface area contributed by atoms with Gasteiger partial charge in [0.05, 0.1) is 23.4 Å². The van der Waals surface area contributed by atoms with Crippen LogP contribution in [0.1, 0.15) is 22.8 Å². The van der Waals surface area contributed by atoms with Crippen LogP contribution < -0.4 is 10.6 Å². The number of carbonyl (C=O) groups is 3. The summed E-state index contributed by atoms with van der Waals surface area (Å²) in [5.74, 6) is -3.05. The molecule has 2 N–H and O–H groups in total. The van der Waals surface area contributed by atoms with Crippen LogP contribution in [0.5, 0.6) is 0 Å². The molecule has 0 saturated heterocycles. The molecular formula is C18H14ClF3N2O4. The molecule has 0 radical (unpaired) electrons. The summed E-state index contributed by atoms with van der Waals surface area (Å²) < 4.78 is 43.9. The van der Waals surface area contributed by atoms with Gasteiger partial charge in [0.25, 0.3) is 0 Å². The van der Waals surface area contributed by atoms with E-state index in [2.05, 4.69) is 5.32 Å². The van der Waals surface area contributed by atoms with Crippen molar-refractivity contribution in [2.45, 2.75) is 13.1 Å². The van der Waals surface area contributed by atoms with E-state index in [0.29, 0.717) is 6.07 Å². The first-order valence-electron chi connectivity index (χ1n) is 7.88. The maximum Gasteiger partial charge on any atom is 0.418 e. The lowest BCUT2D eigenvalue weighted by Crippen LogP contribution is -2.30. The lowest BCUT2D eigenvalue weighted by atomic mass is 10.1. The number of benzene rings is 2. The fraction of sp³-hybridized carbons (Fsp3) is 0.167. The SMILES string of the molecule is CCOC(=O)c1ccc(NC(=O)C(=O)Nc2ccc(Cl)cc2C(F)(F)F)cc1. The van der Waals surface area contributed by atoms with Gasteiger partial charge in [0.15, 0.2) is 0 Å². The highest BCUT2D eigenvalue weighted by Crippen LogP contribution is 2.36. The van der Waals surface area contributed by atoms with E-state index in [0.717, 1.165) is 12.1 Å². The molecule has 0 spiro atoms. The predicted octanol–water partition coefficient (Wildman–Crippen LogP) is 4.11. The number of rotatable bonds is 4. The molecule has 2 aromatic rings. The van der Waals surface area contributed by atoms with Crippen LogP contribution in [0.2, 0.25) is 5.02 Å². The van der Waals surface area contributed by atoms with Crippen molar-refractivity contribution in [2.75, 3.05) is 17.2 Å². The van der Waals surface area contributed by atoms with E-state index in [4.69, 9.17) is 16.3 Å². The number of alkyl halides is 3. The van der Waals surface area contributed by atoms with Gasteiger partial charge in [-0.1, -0.05) is 11.6 Å². The van der Waals surface area contributed by atoms with Gasteiger partial charge >= 0.3 is 24.0 Å². The van der Waals surface area contributed by atoms with E-state index in [9.17, 15) is 27.6 Å². The van der Waals surface area contributed by atoms with Gasteiger partial charge in [-0.25, -0.2) is 4.79 Å². The van der Waals surface area contributed by atoms with Crippen molar-refractivity contribution in [2.24, 2.45) is 0 Å². The molecule has 2 aromatic carbocycles. The maximum atomic E-state index is 13.0. The maximum absolute atomic E-state index is 13.0. The Morgan fingerprint density at radius 2 is 1.61 bits per heavy atom. The average Bonchev–Trinajstić information content (AvgIpc) is 2.63. The lowest BCUT2D eigenvalue weighted by molar-refractivity contribution is -0.137. The summed E-state index contributed by atoms with van der Waals surface area (Å²) in [4.78, 5) is 35.4. The number of anilines is 2. The van der Waals surface area contributed by atoms with Crippen molar-refractivity contribution in [3.63, 3.8) is 0 Å². The average molecular weight is 415 g/mol. The smallest absolute Gasteiger partial charge is 0.418 e. The van der Waals surface area contributed by atoms with E-state index in [1.165, 1.54) is 24.3 Å². The zero-order valence-electron chi connectivity index (χ0n) is 14.4. The third kappa shape index (κ3) is 5.46. The largest absolute Gasteiger partial charge is 0.462 e. The van der Waals surface area contributed by atoms with Crippen molar-refractivity contribution in [3.05, 3.63) is 58.6 Å². The van der Waals surface area contributed by atoms with Gasteiger partial charge in [0, 0.05) is 10.7 Å². The highest BCUT2D eigenvalue weighted by Gasteiger charge is 2.34. The van der Waals surface area contributed by atoms with Gasteiger partial charge in [-0.2, -0.15) is 13.2 Å². The number of hydrogen-bond acceptors (Lipinski definition) is 4. The standard InChI is InChI=1S/C18H14ClF3N2O4/c1-2-28-17(27)10-3-6-12(7-4-10)23-15(25)16(26)24-14-8-5-11(19)9-13(14)18(20,21)22/h3-9H,2H2,1H3,(H,23,25)(H,24,26). The topological polar surface area (TPSA) is 84.5 Å². The molecular weight excluding hydrogens is 401 g/mol. The normalized spacial score (nSPS) is 10.9. The molecule has 10 heteroatoms. The molecule has 28 heavy (non-hydrogen) atoms. The number of hydrogen-bond donors (Lipinski definition) is 2. The van der Waals surface area contributed by atoms with Gasteiger partial charge in [0.2, 0.25) is 0 Å². The third-order valence-electron chi connectivity index (χ3n) is 3.40. The Morgan fingerprint density at radius 1 is 1.00 bits per heavy atom. The summed E-state index contributed by atoms with van der Waals surface area (Å²) in [5, 5.41) is 3.96. The molecule has 0 aliphatic heterocycles. The van der Waals surface area contributed by atoms with Gasteiger partial charge in [0.1, 0.15) is 0 Å². The summed E-state index contributed by atoms with van der Waals surface area (Å²) in [6, 6.07) is 8.17. The molecule has 0 unspecified atom stereocenters. The van der Waals surface area contributed by atoms with Crippen LogP contribution in [0.3, 0.4) is 0 Å². The summed E-state index contributed by atoms with van der Waals surface area (Å²) in [6.07, 6.45) is -4.77. The molecule has 0 aliphatic carbocycles. The molecule has 0 aromatic heterocycles. The molecule has 148 valence electrons. The first kappa shape index (κ1) is 21.2. The zero-order valence-corrected chi connectivity index (χ0v) is 15.1. The second-order valence-corrected chi connectivity index (χ2v) is 5.83. The molecule has 6 nitrogen and oxygen atoms in total. The van der Waals surface area contributed by atoms with Crippen molar-refractivity contribution in [3.8, 4) is 0 Å². The predicted molar refractivity (Wildman–Crippen MR) is 96.1 cm³/mol. The molecule has 0 aliphatic rings. The molecule has 0 heterocycles. The monoisotopic (exact) mass is 414 g/mol. The Balaban J connectivity index is 2.08. The van der Waals surface area contributed by atoms with Crippen LogP contribution in [-0.4, -0.2) is 24.4 Å². The minimum atomic E-state index is -4.77. The molecule has 2 amide bonds. The first-order valence-corrected chi connectivity index (χ1v) is 8.26. The fourth-order valence-corrected chi connectivity index (χ4v) is 2.30. The van der Waals surface area contributed by atoms with Gasteiger partial charge < -0.3 is 15.4 Å². The molecule has 2 rings (SSSR count). The number of amides is 2. The van der Waals surface area contributed by atoms with Gasteiger partial charge in [-0.05, 0) is 49.4 Å². The Hall–Kier alpha value is -3.07. The van der Waals surface area contributed by atoms with Gasteiger partial charge in [-0.3, -0.25) is 9.59 Å². The van der Waals surface area contributed by atoms with Crippen molar-refractivity contribution >= 4 is 40.8 Å². The van der Waals surface area contributed by atoms with Crippen molar-refractivity contribution < 1.29 is 32.3 Å². The number of ether oxygens (including phenoxy) is 1. The Bertz CT molecular complexity index is 899. The Kier molecular flexibility index (Phi) is 6.63. The van der Waals surface area contributed by atoms with Crippen LogP contribution in [0.25, 0.3) is 0 Å². The number of carbonyl (C=O) groups excluding carboxylic acids is 3. The minimum Gasteiger partial charge on any atom is -0.462 e. The number of esters is 1. The van der Waals surface area contributed by atoms with E-state index in [-0.39, 0.29) is 22.9 Å². The third-order valence-corrected chi connectivity index (χ3v) is 3.63. The number of halogens is 4. The molecule has 0 atom stereocenters. The Labute approximate surface area is 162 Å². The van der Waals surface area contributed by atoms with Crippen molar-refractivity contribution in [1.82, 2.24) is 0 Å². The van der Waals surface area contributed by atoms with E-state index >= 15 is 0 Å². The quantitative estimate of drug-likeness (QED) is 0.582. The van der Waals surface area contributed by atoms with Crippen LogP contribution in [-0.2, 0) is 20.5 Å². The second kappa shape index (κ2) is 8.75. The highest BCUT2D eigenvalue weighted by atomic mass is 35.5. The second-order valence-electron chi connectivity index (χ2n) is 5.39. The number of nitrogens with one attached hydrogen (secondary N) is 2. The minimum absolute atomic E-state index is 0.167. The van der Waals surface area contributed by atoms with Crippen LogP contribution >= 0.6 is 11.6 Å². The van der Waals surface area contributed by atoms with Crippen LogP contribution in [0.4, 0.5) is 24.5 Å². The van der Waals surface area contributed by atoms with E-state index in [1.54, 1.807) is 6.92 Å². The summed E-state index contributed by atoms with van der Waals surface area (Å²) in [6.45, 7) is 1.85. The zero-order chi connectivity index (χ0) is 20.9. The summed E-state index contributed by atoms with van der Waals surface area (Å²) in [7, 11) is 0. The molecule has 0 bridgehead atoms. The highest BCUT2D eigenvalue weighted by molar-refractivity contribution is 6.43. The summed E-state index contributed by atoms with van der Waals surface area (Å²) in [5.41, 5.74) is -1.38.